The fraction of sp³-hybridized carbons (Fsp3) is 0.667. The molecule has 5 heteroatoms. The van der Waals surface area contributed by atoms with Crippen LogP contribution < -0.4 is 0 Å². The van der Waals surface area contributed by atoms with E-state index in [2.05, 4.69) is 5.10 Å². The summed E-state index contributed by atoms with van der Waals surface area (Å²) in [4.78, 5) is 13.9. The van der Waals surface area contributed by atoms with Crippen LogP contribution in [0.1, 0.15) is 36.5 Å². The Kier molecular flexibility index (Phi) is 5.15. The number of aryl methyl sites for hydroxylation is 2. The summed E-state index contributed by atoms with van der Waals surface area (Å²) in [7, 11) is 1.78. The van der Waals surface area contributed by atoms with Gasteiger partial charge in [-0.25, -0.2) is 0 Å². The fourth-order valence-electron chi connectivity index (χ4n) is 1.73. The van der Waals surface area contributed by atoms with Crippen LogP contribution in [0.25, 0.3) is 0 Å². The molecule has 1 aromatic rings. The Morgan fingerprint density at radius 2 is 2.24 bits per heavy atom. The number of hydrogen-bond acceptors (Lipinski definition) is 3. The second-order valence-corrected chi connectivity index (χ2v) is 3.96. The highest BCUT2D eigenvalue weighted by Gasteiger charge is 2.18. The maximum Gasteiger partial charge on any atom is 0.272 e. The van der Waals surface area contributed by atoms with Crippen molar-refractivity contribution < 1.29 is 9.90 Å². The number of aliphatic hydroxyl groups excluding tert-OH is 1. The fourth-order valence-corrected chi connectivity index (χ4v) is 1.73. The van der Waals surface area contributed by atoms with Gasteiger partial charge in [0, 0.05) is 26.7 Å². The molecule has 0 atom stereocenters. The van der Waals surface area contributed by atoms with Crippen molar-refractivity contribution >= 4 is 5.91 Å². The van der Waals surface area contributed by atoms with Crippen molar-refractivity contribution in [1.29, 1.82) is 0 Å². The van der Waals surface area contributed by atoms with Crippen molar-refractivity contribution in [2.75, 3.05) is 19.7 Å². The highest BCUT2D eigenvalue weighted by molar-refractivity contribution is 5.92. The molecule has 0 spiro atoms. The van der Waals surface area contributed by atoms with E-state index in [-0.39, 0.29) is 12.5 Å². The van der Waals surface area contributed by atoms with E-state index in [1.807, 2.05) is 19.9 Å². The molecule has 1 aromatic heterocycles. The quantitative estimate of drug-likeness (QED) is 0.800. The average Bonchev–Trinajstić information content (AvgIpc) is 2.71. The van der Waals surface area contributed by atoms with Gasteiger partial charge in [-0.2, -0.15) is 5.10 Å². The Labute approximate surface area is 102 Å². The molecule has 17 heavy (non-hydrogen) atoms. The van der Waals surface area contributed by atoms with Crippen LogP contribution in [0.2, 0.25) is 0 Å². The van der Waals surface area contributed by atoms with Crippen LogP contribution in [-0.2, 0) is 13.5 Å². The second-order valence-electron chi connectivity index (χ2n) is 3.96. The number of rotatable bonds is 6. The maximum atomic E-state index is 12.2. The van der Waals surface area contributed by atoms with Crippen molar-refractivity contribution in [3.8, 4) is 0 Å². The number of hydrogen-bond donors (Lipinski definition) is 1. The van der Waals surface area contributed by atoms with E-state index in [4.69, 9.17) is 5.11 Å². The van der Waals surface area contributed by atoms with Crippen LogP contribution in [0.15, 0.2) is 6.07 Å². The monoisotopic (exact) mass is 239 g/mol. The molecule has 0 aliphatic carbocycles. The molecule has 1 heterocycles. The summed E-state index contributed by atoms with van der Waals surface area (Å²) in [5.74, 6) is -0.0179. The number of aliphatic hydroxyl groups is 1. The number of nitrogens with zero attached hydrogens (tertiary/aromatic N) is 3. The zero-order chi connectivity index (χ0) is 12.8. The standard InChI is InChI=1S/C12H21N3O2/c1-4-10-9-11(14(3)13-10)12(17)15(5-2)7-6-8-16/h9,16H,4-8H2,1-3H3. The summed E-state index contributed by atoms with van der Waals surface area (Å²) in [6, 6.07) is 1.84. The van der Waals surface area contributed by atoms with Crippen molar-refractivity contribution in [2.45, 2.75) is 26.7 Å². The lowest BCUT2D eigenvalue weighted by Crippen LogP contribution is -2.33. The summed E-state index contributed by atoms with van der Waals surface area (Å²) in [6.07, 6.45) is 1.43. The Morgan fingerprint density at radius 3 is 2.71 bits per heavy atom. The smallest absolute Gasteiger partial charge is 0.272 e. The highest BCUT2D eigenvalue weighted by Crippen LogP contribution is 2.08. The van der Waals surface area contributed by atoms with Gasteiger partial charge in [-0.1, -0.05) is 6.92 Å². The van der Waals surface area contributed by atoms with E-state index in [0.717, 1.165) is 12.1 Å². The molecule has 0 saturated carbocycles. The van der Waals surface area contributed by atoms with Gasteiger partial charge in [-0.3, -0.25) is 9.48 Å². The zero-order valence-electron chi connectivity index (χ0n) is 10.8. The molecule has 0 fully saturated rings. The third-order valence-electron chi connectivity index (χ3n) is 2.77. The molecule has 96 valence electrons. The Bertz CT molecular complexity index is 374. The maximum absolute atomic E-state index is 12.2. The van der Waals surface area contributed by atoms with Crippen LogP contribution in [0.4, 0.5) is 0 Å². The number of aromatic nitrogens is 2. The first kappa shape index (κ1) is 13.7. The van der Waals surface area contributed by atoms with E-state index in [1.54, 1.807) is 16.6 Å². The lowest BCUT2D eigenvalue weighted by atomic mass is 10.2. The first-order valence-corrected chi connectivity index (χ1v) is 6.07. The Balaban J connectivity index is 2.81. The average molecular weight is 239 g/mol. The summed E-state index contributed by atoms with van der Waals surface area (Å²) in [5, 5.41) is 13.1. The van der Waals surface area contributed by atoms with Crippen LogP contribution >= 0.6 is 0 Å². The third kappa shape index (κ3) is 3.30. The van der Waals surface area contributed by atoms with Crippen LogP contribution in [0.3, 0.4) is 0 Å². The summed E-state index contributed by atoms with van der Waals surface area (Å²) >= 11 is 0. The molecule has 0 aromatic carbocycles. The van der Waals surface area contributed by atoms with Gasteiger partial charge in [0.2, 0.25) is 0 Å². The largest absolute Gasteiger partial charge is 0.396 e. The molecule has 0 radical (unpaired) electrons. The molecule has 0 aliphatic rings. The molecular weight excluding hydrogens is 218 g/mol. The predicted octanol–water partition coefficient (Wildman–Crippen LogP) is 0.827. The number of carbonyl (C=O) groups excluding carboxylic acids is 1. The molecule has 1 rings (SSSR count). The Morgan fingerprint density at radius 1 is 1.53 bits per heavy atom. The highest BCUT2D eigenvalue weighted by atomic mass is 16.3. The van der Waals surface area contributed by atoms with Crippen molar-refractivity contribution in [1.82, 2.24) is 14.7 Å². The van der Waals surface area contributed by atoms with E-state index in [9.17, 15) is 4.79 Å². The lowest BCUT2D eigenvalue weighted by Gasteiger charge is -2.20. The van der Waals surface area contributed by atoms with Gasteiger partial charge < -0.3 is 10.0 Å². The normalized spacial score (nSPS) is 10.6. The van der Waals surface area contributed by atoms with E-state index in [1.165, 1.54) is 0 Å². The molecule has 5 nitrogen and oxygen atoms in total. The van der Waals surface area contributed by atoms with E-state index >= 15 is 0 Å². The second kappa shape index (κ2) is 6.39. The van der Waals surface area contributed by atoms with Crippen molar-refractivity contribution in [3.63, 3.8) is 0 Å². The first-order chi connectivity index (χ1) is 8.13. The van der Waals surface area contributed by atoms with Gasteiger partial charge in [0.25, 0.3) is 5.91 Å². The van der Waals surface area contributed by atoms with Crippen LogP contribution in [0.5, 0.6) is 0 Å². The minimum atomic E-state index is -0.0179. The van der Waals surface area contributed by atoms with Crippen molar-refractivity contribution in [3.05, 3.63) is 17.5 Å². The number of amides is 1. The van der Waals surface area contributed by atoms with Crippen LogP contribution in [0, 0.1) is 0 Å². The molecule has 0 bridgehead atoms. The topological polar surface area (TPSA) is 58.4 Å². The first-order valence-electron chi connectivity index (χ1n) is 6.07. The third-order valence-corrected chi connectivity index (χ3v) is 2.77. The molecule has 0 saturated heterocycles. The lowest BCUT2D eigenvalue weighted by molar-refractivity contribution is 0.0743. The summed E-state index contributed by atoms with van der Waals surface area (Å²) in [5.41, 5.74) is 1.54. The Hall–Kier alpha value is -1.36. The van der Waals surface area contributed by atoms with Crippen molar-refractivity contribution in [2.24, 2.45) is 7.05 Å². The number of carbonyl (C=O) groups is 1. The summed E-state index contributed by atoms with van der Waals surface area (Å²) < 4.78 is 1.63. The zero-order valence-corrected chi connectivity index (χ0v) is 10.8. The minimum absolute atomic E-state index is 0.0179. The molecule has 0 unspecified atom stereocenters. The van der Waals surface area contributed by atoms with Gasteiger partial charge in [0.05, 0.1) is 5.69 Å². The molecular formula is C12H21N3O2. The summed E-state index contributed by atoms with van der Waals surface area (Å²) in [6.45, 7) is 5.28. The van der Waals surface area contributed by atoms with Gasteiger partial charge >= 0.3 is 0 Å². The molecule has 1 amide bonds. The van der Waals surface area contributed by atoms with Gasteiger partial charge in [-0.15, -0.1) is 0 Å². The SMILES string of the molecule is CCc1cc(C(=O)N(CC)CCCO)n(C)n1. The van der Waals surface area contributed by atoms with E-state index < -0.39 is 0 Å². The molecule has 1 N–H and O–H groups in total. The van der Waals surface area contributed by atoms with Gasteiger partial charge in [-0.05, 0) is 25.8 Å². The predicted molar refractivity (Wildman–Crippen MR) is 65.9 cm³/mol. The minimum Gasteiger partial charge on any atom is -0.396 e. The molecule has 0 aliphatic heterocycles. The van der Waals surface area contributed by atoms with Gasteiger partial charge in [0.1, 0.15) is 5.69 Å². The van der Waals surface area contributed by atoms with Crippen LogP contribution in [-0.4, -0.2) is 45.4 Å². The van der Waals surface area contributed by atoms with E-state index in [0.29, 0.717) is 25.2 Å². The van der Waals surface area contributed by atoms with Gasteiger partial charge in [0.15, 0.2) is 0 Å².